The summed E-state index contributed by atoms with van der Waals surface area (Å²) in [5.41, 5.74) is 2.22. The van der Waals surface area contributed by atoms with Gasteiger partial charge in [-0.05, 0) is 54.1 Å². The van der Waals surface area contributed by atoms with Crippen molar-refractivity contribution in [2.75, 3.05) is 10.2 Å². The topological polar surface area (TPSA) is 66.5 Å². The van der Waals surface area contributed by atoms with Crippen molar-refractivity contribution in [3.05, 3.63) is 99.5 Å². The number of imide groups is 1. The Labute approximate surface area is 182 Å². The van der Waals surface area contributed by atoms with Crippen LogP contribution in [-0.4, -0.2) is 17.7 Å². The van der Waals surface area contributed by atoms with Gasteiger partial charge in [0.05, 0.1) is 27.5 Å². The van der Waals surface area contributed by atoms with Crippen molar-refractivity contribution in [2.45, 2.75) is 0 Å². The molecule has 0 saturated carbocycles. The molecule has 7 heteroatoms. The predicted octanol–water partition coefficient (Wildman–Crippen LogP) is 5.45. The molecule has 4 rings (SSSR count). The van der Waals surface area contributed by atoms with Crippen molar-refractivity contribution in [2.24, 2.45) is 0 Å². The quantitative estimate of drug-likeness (QED) is 0.436. The molecular weight excluding hydrogens is 423 g/mol. The second-order valence-electron chi connectivity index (χ2n) is 6.53. The molecule has 3 aromatic carbocycles. The van der Waals surface area contributed by atoms with Crippen molar-refractivity contribution in [1.82, 2.24) is 0 Å². The van der Waals surface area contributed by atoms with Crippen LogP contribution in [-0.2, 0) is 4.79 Å². The Hall–Kier alpha value is -3.41. The molecule has 0 spiro atoms. The molecule has 0 radical (unpaired) electrons. The molecule has 0 aliphatic carbocycles. The van der Waals surface area contributed by atoms with Crippen LogP contribution in [0.15, 0.2) is 72.8 Å². The lowest BCUT2D eigenvalue weighted by Crippen LogP contribution is -2.29. The van der Waals surface area contributed by atoms with Gasteiger partial charge in [-0.15, -0.1) is 0 Å². The number of nitrogens with one attached hydrogen (secondary N) is 1. The number of hydrogen-bond acceptors (Lipinski definition) is 3. The van der Waals surface area contributed by atoms with E-state index >= 15 is 0 Å². The molecule has 3 aromatic rings. The smallest absolute Gasteiger partial charge is 0.266 e. The summed E-state index contributed by atoms with van der Waals surface area (Å²) < 4.78 is 0. The number of hydrogen-bond donors (Lipinski definition) is 1. The van der Waals surface area contributed by atoms with Crippen LogP contribution in [0.25, 0.3) is 6.08 Å². The van der Waals surface area contributed by atoms with Gasteiger partial charge in [-0.3, -0.25) is 14.4 Å². The molecule has 5 nitrogen and oxygen atoms in total. The zero-order valence-electron chi connectivity index (χ0n) is 15.4. The summed E-state index contributed by atoms with van der Waals surface area (Å²) in [6.07, 6.45) is 3.02. The Balaban J connectivity index is 1.50. The van der Waals surface area contributed by atoms with Crippen molar-refractivity contribution < 1.29 is 14.4 Å². The summed E-state index contributed by atoms with van der Waals surface area (Å²) in [4.78, 5) is 38.5. The van der Waals surface area contributed by atoms with E-state index in [0.29, 0.717) is 27.5 Å². The molecule has 148 valence electrons. The summed E-state index contributed by atoms with van der Waals surface area (Å²) in [7, 11) is 0. The molecule has 0 saturated heterocycles. The van der Waals surface area contributed by atoms with E-state index in [4.69, 9.17) is 23.2 Å². The van der Waals surface area contributed by atoms with E-state index in [2.05, 4.69) is 5.32 Å². The van der Waals surface area contributed by atoms with Crippen molar-refractivity contribution in [3.63, 3.8) is 0 Å². The molecule has 1 aliphatic rings. The maximum Gasteiger partial charge on any atom is 0.266 e. The Bertz CT molecular complexity index is 1170. The van der Waals surface area contributed by atoms with E-state index in [9.17, 15) is 14.4 Å². The van der Waals surface area contributed by atoms with E-state index in [1.165, 1.54) is 12.1 Å². The number of carbonyl (C=O) groups excluding carboxylic acids is 3. The highest BCUT2D eigenvalue weighted by molar-refractivity contribution is 6.37. The van der Waals surface area contributed by atoms with Crippen LogP contribution in [0.3, 0.4) is 0 Å². The highest BCUT2D eigenvalue weighted by Crippen LogP contribution is 2.32. The van der Waals surface area contributed by atoms with Gasteiger partial charge in [0.2, 0.25) is 5.91 Å². The molecule has 1 N–H and O–H groups in total. The Morgan fingerprint density at radius 2 is 1.50 bits per heavy atom. The van der Waals surface area contributed by atoms with Gasteiger partial charge in [0.25, 0.3) is 11.8 Å². The first-order valence-corrected chi connectivity index (χ1v) is 9.71. The number of anilines is 2. The Morgan fingerprint density at radius 1 is 0.867 bits per heavy atom. The third-order valence-corrected chi connectivity index (χ3v) is 5.12. The second kappa shape index (κ2) is 8.14. The van der Waals surface area contributed by atoms with Crippen molar-refractivity contribution >= 4 is 58.4 Å². The van der Waals surface area contributed by atoms with Gasteiger partial charge in [0.1, 0.15) is 0 Å². The summed E-state index contributed by atoms with van der Waals surface area (Å²) in [5.74, 6) is -1.19. The number of rotatable bonds is 4. The standard InChI is InChI=1S/C23H14Cl2N2O3/c24-15-8-5-14(6-9-15)7-12-21(28)26-20-11-10-16(13-19(20)25)27-22(29)17-3-1-2-4-18(17)23(27)30/h1-13H,(H,26,28)/b12-7+. The van der Waals surface area contributed by atoms with Crippen LogP contribution in [0.5, 0.6) is 0 Å². The molecule has 30 heavy (non-hydrogen) atoms. The lowest BCUT2D eigenvalue weighted by molar-refractivity contribution is -0.111. The number of halogens is 2. The molecule has 3 amide bonds. The second-order valence-corrected chi connectivity index (χ2v) is 7.37. The lowest BCUT2D eigenvalue weighted by atomic mass is 10.1. The van der Waals surface area contributed by atoms with Gasteiger partial charge >= 0.3 is 0 Å². The minimum absolute atomic E-state index is 0.206. The fraction of sp³-hybridized carbons (Fsp3) is 0. The van der Waals surface area contributed by atoms with Gasteiger partial charge in [0, 0.05) is 11.1 Å². The molecule has 0 atom stereocenters. The van der Waals surface area contributed by atoms with Crippen LogP contribution in [0.1, 0.15) is 26.3 Å². The summed E-state index contributed by atoms with van der Waals surface area (Å²) in [6.45, 7) is 0. The largest absolute Gasteiger partial charge is 0.321 e. The monoisotopic (exact) mass is 436 g/mol. The van der Waals surface area contributed by atoms with Crippen LogP contribution in [0, 0.1) is 0 Å². The average Bonchev–Trinajstić information content (AvgIpc) is 3.00. The number of amides is 3. The first-order chi connectivity index (χ1) is 14.4. The van der Waals surface area contributed by atoms with E-state index in [1.807, 2.05) is 0 Å². The highest BCUT2D eigenvalue weighted by Gasteiger charge is 2.36. The third kappa shape index (κ3) is 3.85. The molecule has 0 bridgehead atoms. The molecular formula is C23H14Cl2N2O3. The fourth-order valence-electron chi connectivity index (χ4n) is 3.09. The molecule has 1 aliphatic heterocycles. The number of carbonyl (C=O) groups is 3. The van der Waals surface area contributed by atoms with E-state index < -0.39 is 11.8 Å². The lowest BCUT2D eigenvalue weighted by Gasteiger charge is -2.15. The van der Waals surface area contributed by atoms with Gasteiger partial charge in [-0.1, -0.05) is 47.5 Å². The van der Waals surface area contributed by atoms with E-state index in [-0.39, 0.29) is 10.9 Å². The predicted molar refractivity (Wildman–Crippen MR) is 118 cm³/mol. The minimum Gasteiger partial charge on any atom is -0.321 e. The summed E-state index contributed by atoms with van der Waals surface area (Å²) >= 11 is 12.1. The zero-order chi connectivity index (χ0) is 21.3. The molecule has 1 heterocycles. The van der Waals surface area contributed by atoms with Crippen LogP contribution in [0.2, 0.25) is 10.0 Å². The number of nitrogens with zero attached hydrogens (tertiary/aromatic N) is 1. The highest BCUT2D eigenvalue weighted by atomic mass is 35.5. The van der Waals surface area contributed by atoms with Crippen LogP contribution >= 0.6 is 23.2 Å². The first-order valence-electron chi connectivity index (χ1n) is 8.96. The normalized spacial score (nSPS) is 13.1. The first kappa shape index (κ1) is 19.9. The minimum atomic E-state index is -0.408. The van der Waals surface area contributed by atoms with Crippen molar-refractivity contribution in [1.29, 1.82) is 0 Å². The fourth-order valence-corrected chi connectivity index (χ4v) is 3.44. The van der Waals surface area contributed by atoms with Gasteiger partial charge in [0.15, 0.2) is 0 Å². The Kier molecular flexibility index (Phi) is 5.40. The summed E-state index contributed by atoms with van der Waals surface area (Å²) in [5, 5.41) is 3.50. The Morgan fingerprint density at radius 3 is 2.10 bits per heavy atom. The van der Waals surface area contributed by atoms with E-state index in [0.717, 1.165) is 10.5 Å². The molecule has 0 aromatic heterocycles. The molecule has 0 unspecified atom stereocenters. The van der Waals surface area contributed by atoms with Crippen LogP contribution in [0.4, 0.5) is 11.4 Å². The number of fused-ring (bicyclic) bond motifs is 1. The summed E-state index contributed by atoms with van der Waals surface area (Å²) in [6, 6.07) is 18.3. The van der Waals surface area contributed by atoms with Crippen LogP contribution < -0.4 is 10.2 Å². The van der Waals surface area contributed by atoms with Gasteiger partial charge in [-0.2, -0.15) is 0 Å². The van der Waals surface area contributed by atoms with Crippen molar-refractivity contribution in [3.8, 4) is 0 Å². The average molecular weight is 437 g/mol. The number of benzene rings is 3. The zero-order valence-corrected chi connectivity index (χ0v) is 16.9. The van der Waals surface area contributed by atoms with Gasteiger partial charge < -0.3 is 5.32 Å². The van der Waals surface area contributed by atoms with E-state index in [1.54, 1.807) is 66.7 Å². The van der Waals surface area contributed by atoms with Gasteiger partial charge in [-0.25, -0.2) is 4.90 Å². The third-order valence-electron chi connectivity index (χ3n) is 4.56. The maximum absolute atomic E-state index is 12.6. The molecule has 0 fully saturated rings. The maximum atomic E-state index is 12.6. The SMILES string of the molecule is O=C(/C=C/c1ccc(Cl)cc1)Nc1ccc(N2C(=O)c3ccccc3C2=O)cc1Cl.